The van der Waals surface area contributed by atoms with E-state index in [1.54, 1.807) is 7.11 Å². The molecule has 6 heteroatoms. The molecule has 2 atom stereocenters. The predicted octanol–water partition coefficient (Wildman–Crippen LogP) is 1.20. The summed E-state index contributed by atoms with van der Waals surface area (Å²) in [5, 5.41) is 5.92. The van der Waals surface area contributed by atoms with E-state index in [9.17, 15) is 9.18 Å². The van der Waals surface area contributed by atoms with E-state index < -0.39 is 11.7 Å². The predicted molar refractivity (Wildman–Crippen MR) is 66.3 cm³/mol. The highest BCUT2D eigenvalue weighted by molar-refractivity contribution is 6.33. The molecule has 1 saturated heterocycles. The molecule has 98 valence electrons. The van der Waals surface area contributed by atoms with Crippen LogP contribution in [0, 0.1) is 5.82 Å². The monoisotopic (exact) mass is 272 g/mol. The van der Waals surface area contributed by atoms with Crippen molar-refractivity contribution in [3.05, 3.63) is 34.6 Å². The SMILES string of the molecule is CO[C@H]1CNCC1NC(=O)c1c(F)cccc1Cl. The number of carbonyl (C=O) groups is 1. The van der Waals surface area contributed by atoms with Crippen LogP contribution < -0.4 is 10.6 Å². The number of hydrogen-bond acceptors (Lipinski definition) is 3. The maximum atomic E-state index is 13.6. The number of benzene rings is 1. The summed E-state index contributed by atoms with van der Waals surface area (Å²) in [6.45, 7) is 1.25. The summed E-state index contributed by atoms with van der Waals surface area (Å²) in [5.74, 6) is -1.14. The Kier molecular flexibility index (Phi) is 4.16. The molecule has 1 aromatic carbocycles. The molecule has 18 heavy (non-hydrogen) atoms. The number of hydrogen-bond donors (Lipinski definition) is 2. The van der Waals surface area contributed by atoms with Crippen LogP contribution in [-0.2, 0) is 4.74 Å². The van der Waals surface area contributed by atoms with E-state index in [2.05, 4.69) is 10.6 Å². The van der Waals surface area contributed by atoms with Crippen LogP contribution in [0.1, 0.15) is 10.4 Å². The number of amides is 1. The van der Waals surface area contributed by atoms with Gasteiger partial charge in [-0.2, -0.15) is 0 Å². The molecule has 0 aromatic heterocycles. The Hall–Kier alpha value is -1.17. The molecule has 1 heterocycles. The zero-order valence-electron chi connectivity index (χ0n) is 9.87. The van der Waals surface area contributed by atoms with Gasteiger partial charge in [-0.25, -0.2) is 4.39 Å². The maximum Gasteiger partial charge on any atom is 0.256 e. The van der Waals surface area contributed by atoms with Crippen LogP contribution in [-0.4, -0.2) is 38.3 Å². The van der Waals surface area contributed by atoms with Gasteiger partial charge in [-0.3, -0.25) is 4.79 Å². The van der Waals surface area contributed by atoms with E-state index >= 15 is 0 Å². The molecule has 1 unspecified atom stereocenters. The average molecular weight is 273 g/mol. The Morgan fingerprint density at radius 1 is 1.56 bits per heavy atom. The van der Waals surface area contributed by atoms with Crippen molar-refractivity contribution in [1.82, 2.24) is 10.6 Å². The minimum Gasteiger partial charge on any atom is -0.378 e. The first-order valence-electron chi connectivity index (χ1n) is 5.62. The molecule has 1 aliphatic rings. The number of halogens is 2. The van der Waals surface area contributed by atoms with Crippen molar-refractivity contribution in [3.63, 3.8) is 0 Å². The van der Waals surface area contributed by atoms with E-state index in [0.29, 0.717) is 13.1 Å². The highest BCUT2D eigenvalue weighted by Gasteiger charge is 2.29. The lowest BCUT2D eigenvalue weighted by Crippen LogP contribution is -2.43. The van der Waals surface area contributed by atoms with Gasteiger partial charge in [0.15, 0.2) is 0 Å². The summed E-state index contributed by atoms with van der Waals surface area (Å²) in [6.07, 6.45) is -0.112. The highest BCUT2D eigenvalue weighted by atomic mass is 35.5. The Bertz CT molecular complexity index is 435. The van der Waals surface area contributed by atoms with E-state index in [4.69, 9.17) is 16.3 Å². The van der Waals surface area contributed by atoms with Crippen LogP contribution in [0.3, 0.4) is 0 Å². The third kappa shape index (κ3) is 2.63. The lowest BCUT2D eigenvalue weighted by atomic mass is 10.1. The Balaban J connectivity index is 2.12. The number of carbonyl (C=O) groups excluding carboxylic acids is 1. The lowest BCUT2D eigenvalue weighted by molar-refractivity contribution is 0.0777. The molecule has 0 saturated carbocycles. The Morgan fingerprint density at radius 2 is 2.33 bits per heavy atom. The van der Waals surface area contributed by atoms with Gasteiger partial charge in [0.1, 0.15) is 5.82 Å². The lowest BCUT2D eigenvalue weighted by Gasteiger charge is -2.19. The van der Waals surface area contributed by atoms with Crippen LogP contribution in [0.2, 0.25) is 5.02 Å². The van der Waals surface area contributed by atoms with Gasteiger partial charge in [-0.05, 0) is 12.1 Å². The number of rotatable bonds is 3. The Morgan fingerprint density at radius 3 is 3.00 bits per heavy atom. The van der Waals surface area contributed by atoms with Crippen LogP contribution in [0.4, 0.5) is 4.39 Å². The molecule has 0 aliphatic carbocycles. The van der Waals surface area contributed by atoms with Crippen molar-refractivity contribution in [2.24, 2.45) is 0 Å². The first-order chi connectivity index (χ1) is 8.63. The standard InChI is InChI=1S/C12H14ClFN2O2/c1-18-10-6-15-5-9(10)16-12(17)11-7(13)3-2-4-8(11)14/h2-4,9-10,15H,5-6H2,1H3,(H,16,17)/t9?,10-/m0/s1. The topological polar surface area (TPSA) is 50.4 Å². The fourth-order valence-electron chi connectivity index (χ4n) is 2.00. The average Bonchev–Trinajstić information content (AvgIpc) is 2.76. The van der Waals surface area contributed by atoms with Crippen molar-refractivity contribution in [3.8, 4) is 0 Å². The number of ether oxygens (including phenoxy) is 1. The molecule has 0 radical (unpaired) electrons. The van der Waals surface area contributed by atoms with Crippen molar-refractivity contribution < 1.29 is 13.9 Å². The van der Waals surface area contributed by atoms with Gasteiger partial charge in [-0.1, -0.05) is 17.7 Å². The van der Waals surface area contributed by atoms with Crippen LogP contribution in [0.15, 0.2) is 18.2 Å². The van der Waals surface area contributed by atoms with Crippen LogP contribution in [0.5, 0.6) is 0 Å². The van der Waals surface area contributed by atoms with E-state index in [1.807, 2.05) is 0 Å². The van der Waals surface area contributed by atoms with Gasteiger partial charge >= 0.3 is 0 Å². The molecular formula is C12H14ClFN2O2. The third-order valence-electron chi connectivity index (χ3n) is 2.97. The Labute approximate surface area is 109 Å². The molecule has 2 rings (SSSR count). The summed E-state index contributed by atoms with van der Waals surface area (Å²) in [6, 6.07) is 3.98. The van der Waals surface area contributed by atoms with Crippen molar-refractivity contribution in [1.29, 1.82) is 0 Å². The molecule has 1 aliphatic heterocycles. The van der Waals surface area contributed by atoms with E-state index in [0.717, 1.165) is 0 Å². The van der Waals surface area contributed by atoms with Crippen LogP contribution >= 0.6 is 11.6 Å². The van der Waals surface area contributed by atoms with Crippen molar-refractivity contribution in [2.45, 2.75) is 12.1 Å². The fourth-order valence-corrected chi connectivity index (χ4v) is 2.25. The zero-order valence-corrected chi connectivity index (χ0v) is 10.6. The molecule has 4 nitrogen and oxygen atoms in total. The number of methoxy groups -OCH3 is 1. The summed E-state index contributed by atoms with van der Waals surface area (Å²) in [4.78, 5) is 12.0. The van der Waals surface area contributed by atoms with Crippen molar-refractivity contribution >= 4 is 17.5 Å². The smallest absolute Gasteiger partial charge is 0.256 e. The van der Waals surface area contributed by atoms with Crippen molar-refractivity contribution in [2.75, 3.05) is 20.2 Å². The second kappa shape index (κ2) is 5.65. The molecule has 0 spiro atoms. The van der Waals surface area contributed by atoms with Gasteiger partial charge in [0, 0.05) is 20.2 Å². The number of nitrogens with one attached hydrogen (secondary N) is 2. The second-order valence-corrected chi connectivity index (χ2v) is 4.52. The van der Waals surface area contributed by atoms with Crippen LogP contribution in [0.25, 0.3) is 0 Å². The first kappa shape index (κ1) is 13.3. The molecule has 1 aromatic rings. The summed E-state index contributed by atoms with van der Waals surface area (Å²) in [5.41, 5.74) is -0.124. The summed E-state index contributed by atoms with van der Waals surface area (Å²) in [7, 11) is 1.58. The minimum absolute atomic E-state index is 0.104. The molecule has 2 N–H and O–H groups in total. The fraction of sp³-hybridized carbons (Fsp3) is 0.417. The minimum atomic E-state index is -0.625. The molecule has 0 bridgehead atoms. The second-order valence-electron chi connectivity index (χ2n) is 4.11. The van der Waals surface area contributed by atoms with Gasteiger partial charge in [-0.15, -0.1) is 0 Å². The van der Waals surface area contributed by atoms with Gasteiger partial charge < -0.3 is 15.4 Å². The normalized spacial score (nSPS) is 23.1. The molecular weight excluding hydrogens is 259 g/mol. The molecule has 1 amide bonds. The van der Waals surface area contributed by atoms with Gasteiger partial charge in [0.05, 0.1) is 22.7 Å². The summed E-state index contributed by atoms with van der Waals surface area (Å²) >= 11 is 5.83. The zero-order chi connectivity index (χ0) is 13.1. The van der Waals surface area contributed by atoms with Gasteiger partial charge in [0.25, 0.3) is 5.91 Å². The molecule has 1 fully saturated rings. The first-order valence-corrected chi connectivity index (χ1v) is 5.99. The summed E-state index contributed by atoms with van der Waals surface area (Å²) < 4.78 is 18.8. The third-order valence-corrected chi connectivity index (χ3v) is 3.28. The highest BCUT2D eigenvalue weighted by Crippen LogP contribution is 2.19. The quantitative estimate of drug-likeness (QED) is 0.869. The van der Waals surface area contributed by atoms with E-state index in [1.165, 1.54) is 18.2 Å². The largest absolute Gasteiger partial charge is 0.378 e. The van der Waals surface area contributed by atoms with Gasteiger partial charge in [0.2, 0.25) is 0 Å². The van der Waals surface area contributed by atoms with E-state index in [-0.39, 0.29) is 22.7 Å². The maximum absolute atomic E-state index is 13.6.